The number of hydrogen-bond acceptors (Lipinski definition) is 5. The van der Waals surface area contributed by atoms with Crippen molar-refractivity contribution in [3.63, 3.8) is 0 Å². The first kappa shape index (κ1) is 14.8. The molecule has 0 spiro atoms. The fourth-order valence-corrected chi connectivity index (χ4v) is 1.46. The number of nitrogens with one attached hydrogen (secondary N) is 1. The van der Waals surface area contributed by atoms with Gasteiger partial charge in [-0.2, -0.15) is 0 Å². The lowest BCUT2D eigenvalue weighted by Gasteiger charge is -2.15. The number of benzene rings is 1. The van der Waals surface area contributed by atoms with Crippen molar-refractivity contribution >= 4 is 17.3 Å². The van der Waals surface area contributed by atoms with E-state index in [1.807, 2.05) is 0 Å². The largest absolute Gasteiger partial charge is 0.480 e. The topological polar surface area (TPSA) is 102 Å². The summed E-state index contributed by atoms with van der Waals surface area (Å²) in [6.07, 6.45) is 0.0967. The summed E-state index contributed by atoms with van der Waals surface area (Å²) in [4.78, 5) is 21.1. The normalized spacial score (nSPS) is 11.9. The maximum Gasteiger partial charge on any atom is 0.326 e. The third-order valence-corrected chi connectivity index (χ3v) is 2.39. The molecular formula is C11H13FN2O5. The molecule has 1 aromatic rings. The third kappa shape index (κ3) is 4.18. The van der Waals surface area contributed by atoms with Crippen LogP contribution in [0.5, 0.6) is 0 Å². The first-order chi connectivity index (χ1) is 8.95. The zero-order valence-corrected chi connectivity index (χ0v) is 10.1. The van der Waals surface area contributed by atoms with Crippen molar-refractivity contribution in [3.8, 4) is 0 Å². The lowest BCUT2D eigenvalue weighted by Crippen LogP contribution is -2.30. The summed E-state index contributed by atoms with van der Waals surface area (Å²) in [5, 5.41) is 22.2. The number of anilines is 1. The van der Waals surface area contributed by atoms with Crippen LogP contribution in [-0.2, 0) is 9.53 Å². The first-order valence-corrected chi connectivity index (χ1v) is 5.38. The Balaban J connectivity index is 2.97. The number of nitrogens with zero attached hydrogens (tertiary/aromatic N) is 1. The third-order valence-electron chi connectivity index (χ3n) is 2.39. The highest BCUT2D eigenvalue weighted by Crippen LogP contribution is 2.26. The van der Waals surface area contributed by atoms with Gasteiger partial charge in [-0.1, -0.05) is 0 Å². The van der Waals surface area contributed by atoms with E-state index in [2.05, 4.69) is 5.32 Å². The molecule has 1 rings (SSSR count). The molecule has 0 saturated heterocycles. The minimum absolute atomic E-state index is 0.0967. The maximum absolute atomic E-state index is 13.1. The van der Waals surface area contributed by atoms with Gasteiger partial charge in [0.2, 0.25) is 0 Å². The molecule has 8 heteroatoms. The molecule has 0 aliphatic carbocycles. The Morgan fingerprint density at radius 3 is 2.84 bits per heavy atom. The predicted octanol–water partition coefficient (Wildman–Crippen LogP) is 1.64. The molecule has 0 aliphatic rings. The Morgan fingerprint density at radius 1 is 1.63 bits per heavy atom. The highest BCUT2D eigenvalue weighted by atomic mass is 19.1. The van der Waals surface area contributed by atoms with Crippen LogP contribution in [0.1, 0.15) is 6.42 Å². The molecule has 1 aromatic carbocycles. The van der Waals surface area contributed by atoms with Crippen molar-refractivity contribution in [2.24, 2.45) is 0 Å². The van der Waals surface area contributed by atoms with Crippen molar-refractivity contribution < 1.29 is 24.0 Å². The van der Waals surface area contributed by atoms with Crippen LogP contribution in [0.25, 0.3) is 0 Å². The molecule has 0 saturated carbocycles. The summed E-state index contributed by atoms with van der Waals surface area (Å²) >= 11 is 0. The lowest BCUT2D eigenvalue weighted by atomic mass is 10.2. The first-order valence-electron chi connectivity index (χ1n) is 5.38. The van der Waals surface area contributed by atoms with Crippen molar-refractivity contribution in [3.05, 3.63) is 34.1 Å². The molecule has 2 N–H and O–H groups in total. The van der Waals surface area contributed by atoms with Crippen LogP contribution in [0, 0.1) is 15.9 Å². The van der Waals surface area contributed by atoms with Crippen LogP contribution in [-0.4, -0.2) is 35.8 Å². The molecule has 0 radical (unpaired) electrons. The standard InChI is InChI=1S/C11H13FN2O5/c1-19-5-4-8(11(15)16)13-9-6-7(12)2-3-10(9)14(17)18/h2-3,6,8,13H,4-5H2,1H3,(H,15,16). The maximum atomic E-state index is 13.1. The summed E-state index contributed by atoms with van der Waals surface area (Å²) in [5.74, 6) is -1.89. The molecule has 104 valence electrons. The number of carbonyl (C=O) groups is 1. The number of aliphatic carboxylic acids is 1. The highest BCUT2D eigenvalue weighted by molar-refractivity contribution is 5.79. The number of rotatable bonds is 7. The van der Waals surface area contributed by atoms with Gasteiger partial charge in [-0.25, -0.2) is 9.18 Å². The van der Waals surface area contributed by atoms with Crippen molar-refractivity contribution in [2.45, 2.75) is 12.5 Å². The Hall–Kier alpha value is -2.22. The second kappa shape index (κ2) is 6.64. The van der Waals surface area contributed by atoms with Crippen molar-refractivity contribution in [2.75, 3.05) is 19.0 Å². The fourth-order valence-electron chi connectivity index (χ4n) is 1.46. The van der Waals surface area contributed by atoms with Crippen LogP contribution in [0.2, 0.25) is 0 Å². The van der Waals surface area contributed by atoms with E-state index < -0.39 is 22.8 Å². The minimum Gasteiger partial charge on any atom is -0.480 e. The van der Waals surface area contributed by atoms with Gasteiger partial charge in [0.1, 0.15) is 17.5 Å². The molecule has 1 atom stereocenters. The monoisotopic (exact) mass is 272 g/mol. The Kier molecular flexibility index (Phi) is 5.19. The Bertz CT molecular complexity index is 480. The van der Waals surface area contributed by atoms with Gasteiger partial charge < -0.3 is 15.2 Å². The number of nitro groups is 1. The number of ether oxygens (including phenoxy) is 1. The second-order valence-electron chi connectivity index (χ2n) is 3.74. The van der Waals surface area contributed by atoms with E-state index in [0.717, 1.165) is 18.2 Å². The summed E-state index contributed by atoms with van der Waals surface area (Å²) in [5.41, 5.74) is -0.557. The highest BCUT2D eigenvalue weighted by Gasteiger charge is 2.22. The van der Waals surface area contributed by atoms with Gasteiger partial charge in [0, 0.05) is 32.3 Å². The molecule has 0 aliphatic heterocycles. The smallest absolute Gasteiger partial charge is 0.326 e. The fraction of sp³-hybridized carbons (Fsp3) is 0.364. The van der Waals surface area contributed by atoms with Crippen LogP contribution in [0.15, 0.2) is 18.2 Å². The molecule has 7 nitrogen and oxygen atoms in total. The lowest BCUT2D eigenvalue weighted by molar-refractivity contribution is -0.384. The quantitative estimate of drug-likeness (QED) is 0.578. The molecule has 19 heavy (non-hydrogen) atoms. The molecule has 0 heterocycles. The van der Waals surface area contributed by atoms with Gasteiger partial charge >= 0.3 is 5.97 Å². The number of methoxy groups -OCH3 is 1. The summed E-state index contributed by atoms with van der Waals surface area (Å²) in [6, 6.07) is 1.71. The van der Waals surface area contributed by atoms with Gasteiger partial charge in [0.25, 0.3) is 5.69 Å². The van der Waals surface area contributed by atoms with E-state index in [1.54, 1.807) is 0 Å². The second-order valence-corrected chi connectivity index (χ2v) is 3.74. The summed E-state index contributed by atoms with van der Waals surface area (Å²) in [6.45, 7) is 0.160. The average molecular weight is 272 g/mol. The molecule has 0 amide bonds. The number of carboxylic acids is 1. The molecule has 0 fully saturated rings. The van der Waals surface area contributed by atoms with Crippen LogP contribution < -0.4 is 5.32 Å². The number of halogens is 1. The van der Waals surface area contributed by atoms with E-state index in [1.165, 1.54) is 7.11 Å². The number of hydrogen-bond donors (Lipinski definition) is 2. The van der Waals surface area contributed by atoms with Crippen molar-refractivity contribution in [1.29, 1.82) is 0 Å². The van der Waals surface area contributed by atoms with Gasteiger partial charge in [-0.05, 0) is 6.07 Å². The van der Waals surface area contributed by atoms with Crippen LogP contribution in [0.4, 0.5) is 15.8 Å². The van der Waals surface area contributed by atoms with E-state index >= 15 is 0 Å². The van der Waals surface area contributed by atoms with E-state index in [-0.39, 0.29) is 24.4 Å². The van der Waals surface area contributed by atoms with Crippen LogP contribution >= 0.6 is 0 Å². The van der Waals surface area contributed by atoms with Gasteiger partial charge in [-0.15, -0.1) is 0 Å². The average Bonchev–Trinajstić information content (AvgIpc) is 2.33. The molecule has 1 unspecified atom stereocenters. The Morgan fingerprint density at radius 2 is 2.32 bits per heavy atom. The van der Waals surface area contributed by atoms with Gasteiger partial charge in [-0.3, -0.25) is 10.1 Å². The minimum atomic E-state index is -1.20. The summed E-state index contributed by atoms with van der Waals surface area (Å²) < 4.78 is 17.8. The predicted molar refractivity (Wildman–Crippen MR) is 64.6 cm³/mol. The zero-order valence-electron chi connectivity index (χ0n) is 10.1. The summed E-state index contributed by atoms with van der Waals surface area (Å²) in [7, 11) is 1.41. The molecule has 0 aromatic heterocycles. The molecule has 0 bridgehead atoms. The molecular weight excluding hydrogens is 259 g/mol. The van der Waals surface area contributed by atoms with E-state index in [4.69, 9.17) is 9.84 Å². The van der Waals surface area contributed by atoms with Gasteiger partial charge in [0.15, 0.2) is 0 Å². The SMILES string of the molecule is COCCC(Nc1cc(F)ccc1[N+](=O)[O-])C(=O)O. The van der Waals surface area contributed by atoms with Crippen LogP contribution in [0.3, 0.4) is 0 Å². The zero-order chi connectivity index (χ0) is 14.4. The van der Waals surface area contributed by atoms with E-state index in [0.29, 0.717) is 0 Å². The van der Waals surface area contributed by atoms with E-state index in [9.17, 15) is 19.3 Å². The Labute approximate surface area is 108 Å². The van der Waals surface area contributed by atoms with Gasteiger partial charge in [0.05, 0.1) is 4.92 Å². The number of nitro benzene ring substituents is 1. The number of carboxylic acid groups (broad SMARTS) is 1. The van der Waals surface area contributed by atoms with Crippen molar-refractivity contribution in [1.82, 2.24) is 0 Å².